The summed E-state index contributed by atoms with van der Waals surface area (Å²) in [4.78, 5) is 12.2. The molecule has 0 bridgehead atoms. The molecule has 0 heterocycles. The summed E-state index contributed by atoms with van der Waals surface area (Å²) in [6.07, 6.45) is -4.55. The Kier molecular flexibility index (Phi) is 6.74. The molecular weight excluding hydrogens is 441 g/mol. The van der Waals surface area contributed by atoms with Crippen LogP contribution in [0.15, 0.2) is 40.9 Å². The number of aliphatic hydroxyl groups excluding tert-OH is 1. The maximum atomic E-state index is 12.3. The number of benzene rings is 2. The molecule has 0 atom stereocenters. The number of halogens is 5. The number of aliphatic hydroxyl groups is 1. The van der Waals surface area contributed by atoms with Crippen molar-refractivity contribution in [3.8, 4) is 5.75 Å². The summed E-state index contributed by atoms with van der Waals surface area (Å²) < 4.78 is 41.2. The largest absolute Gasteiger partial charge is 0.573 e. The van der Waals surface area contributed by atoms with Gasteiger partial charge in [-0.2, -0.15) is 0 Å². The number of anilines is 2. The van der Waals surface area contributed by atoms with Gasteiger partial charge in [-0.1, -0.05) is 33.6 Å². The Morgan fingerprint density at radius 3 is 2.58 bits per heavy atom. The van der Waals surface area contributed by atoms with Crippen LogP contribution in [0.25, 0.3) is 0 Å². The van der Waals surface area contributed by atoms with E-state index in [0.717, 1.165) is 12.1 Å². The molecule has 0 unspecified atom stereocenters. The van der Waals surface area contributed by atoms with Gasteiger partial charge >= 0.3 is 12.4 Å². The quantitative estimate of drug-likeness (QED) is 0.584. The van der Waals surface area contributed by atoms with Crippen molar-refractivity contribution in [1.82, 2.24) is 0 Å². The fraction of sp³-hybridized carbons (Fsp3) is 0.188. The molecule has 0 radical (unpaired) electrons. The molecule has 2 aromatic rings. The molecule has 0 aliphatic heterocycles. The van der Waals surface area contributed by atoms with Crippen LogP contribution in [0.2, 0.25) is 5.02 Å². The van der Waals surface area contributed by atoms with Crippen LogP contribution in [0.5, 0.6) is 5.75 Å². The maximum Gasteiger partial charge on any atom is 0.573 e. The minimum absolute atomic E-state index is 0.0851. The van der Waals surface area contributed by atoms with E-state index in [0.29, 0.717) is 27.2 Å². The van der Waals surface area contributed by atoms with E-state index in [1.165, 1.54) is 12.1 Å². The zero-order valence-corrected chi connectivity index (χ0v) is 15.4. The number of hydrogen-bond acceptors (Lipinski definition) is 3. The SMILES string of the molecule is O=C(Nc1cc(Br)cc(OC(F)(F)F)c1)Nc1cc(Cl)ccc1CCO. The van der Waals surface area contributed by atoms with Gasteiger partial charge in [-0.15, -0.1) is 13.2 Å². The molecule has 3 N–H and O–H groups in total. The first-order valence-corrected chi connectivity index (χ1v) is 8.37. The van der Waals surface area contributed by atoms with Crippen LogP contribution in [-0.2, 0) is 6.42 Å². The molecule has 2 rings (SSSR count). The standard InChI is InChI=1S/C16H13BrClF3N2O3/c17-10-5-12(8-13(6-10)26-16(19,20)21)22-15(25)23-14-7-11(18)2-1-9(14)3-4-24/h1-2,5-8,24H,3-4H2,(H2,22,23,25). The van der Waals surface area contributed by atoms with Crippen LogP contribution in [-0.4, -0.2) is 24.1 Å². The van der Waals surface area contributed by atoms with Gasteiger partial charge in [-0.05, 0) is 36.2 Å². The van der Waals surface area contributed by atoms with Crippen LogP contribution in [0, 0.1) is 0 Å². The molecule has 10 heteroatoms. The molecule has 0 aliphatic carbocycles. The Morgan fingerprint density at radius 1 is 1.19 bits per heavy atom. The molecule has 2 aromatic carbocycles. The second-order valence-corrected chi connectivity index (χ2v) is 6.43. The van der Waals surface area contributed by atoms with Crippen LogP contribution >= 0.6 is 27.5 Å². The molecule has 0 aromatic heterocycles. The van der Waals surface area contributed by atoms with Crippen LogP contribution in [0.1, 0.15) is 5.56 Å². The van der Waals surface area contributed by atoms with E-state index in [1.54, 1.807) is 12.1 Å². The van der Waals surface area contributed by atoms with E-state index in [2.05, 4.69) is 31.3 Å². The third-order valence-corrected chi connectivity index (χ3v) is 3.76. The summed E-state index contributed by atoms with van der Waals surface area (Å²) >= 11 is 8.95. The van der Waals surface area contributed by atoms with E-state index >= 15 is 0 Å². The molecule has 0 spiro atoms. The highest BCUT2D eigenvalue weighted by Gasteiger charge is 2.31. The van der Waals surface area contributed by atoms with Crippen molar-refractivity contribution in [2.24, 2.45) is 0 Å². The molecule has 0 saturated carbocycles. The summed E-state index contributed by atoms with van der Waals surface area (Å²) in [7, 11) is 0. The Morgan fingerprint density at radius 2 is 1.92 bits per heavy atom. The predicted octanol–water partition coefficient (Wildman–Crippen LogP) is 5.18. The molecule has 2 amide bonds. The lowest BCUT2D eigenvalue weighted by atomic mass is 10.1. The first-order valence-electron chi connectivity index (χ1n) is 7.20. The fourth-order valence-electron chi connectivity index (χ4n) is 2.12. The van der Waals surface area contributed by atoms with E-state index in [9.17, 15) is 18.0 Å². The number of carbonyl (C=O) groups is 1. The summed E-state index contributed by atoms with van der Waals surface area (Å²) in [5.41, 5.74) is 1.12. The molecule has 5 nitrogen and oxygen atoms in total. The summed E-state index contributed by atoms with van der Waals surface area (Å²) in [6, 6.07) is 7.65. The first-order chi connectivity index (χ1) is 12.2. The van der Waals surface area contributed by atoms with Crippen molar-refractivity contribution < 1.29 is 27.8 Å². The van der Waals surface area contributed by atoms with Crippen LogP contribution in [0.3, 0.4) is 0 Å². The fourth-order valence-corrected chi connectivity index (χ4v) is 2.76. The van der Waals surface area contributed by atoms with Gasteiger partial charge in [-0.3, -0.25) is 0 Å². The van der Waals surface area contributed by atoms with Crippen LogP contribution in [0.4, 0.5) is 29.3 Å². The minimum Gasteiger partial charge on any atom is -0.406 e. The van der Waals surface area contributed by atoms with Gasteiger partial charge in [0.25, 0.3) is 0 Å². The van der Waals surface area contributed by atoms with Crippen molar-refractivity contribution in [2.45, 2.75) is 12.8 Å². The average molecular weight is 454 g/mol. The number of rotatable bonds is 5. The monoisotopic (exact) mass is 452 g/mol. The van der Waals surface area contributed by atoms with Gasteiger partial charge in [0.15, 0.2) is 0 Å². The lowest BCUT2D eigenvalue weighted by Gasteiger charge is -2.14. The van der Waals surface area contributed by atoms with Gasteiger partial charge in [0.05, 0.1) is 0 Å². The van der Waals surface area contributed by atoms with Crippen molar-refractivity contribution in [3.05, 3.63) is 51.5 Å². The molecule has 0 aliphatic rings. The Labute approximate surface area is 160 Å². The predicted molar refractivity (Wildman–Crippen MR) is 95.7 cm³/mol. The van der Waals surface area contributed by atoms with Gasteiger partial charge in [0, 0.05) is 33.5 Å². The molecule has 26 heavy (non-hydrogen) atoms. The van der Waals surface area contributed by atoms with E-state index in [1.807, 2.05) is 0 Å². The van der Waals surface area contributed by atoms with E-state index in [-0.39, 0.29) is 12.3 Å². The second kappa shape index (κ2) is 8.61. The lowest BCUT2D eigenvalue weighted by molar-refractivity contribution is -0.274. The minimum atomic E-state index is -4.85. The summed E-state index contributed by atoms with van der Waals surface area (Å²) in [5, 5.41) is 14.4. The third kappa shape index (κ3) is 6.40. The highest BCUT2D eigenvalue weighted by Crippen LogP contribution is 2.29. The number of urea groups is 1. The third-order valence-electron chi connectivity index (χ3n) is 3.06. The van der Waals surface area contributed by atoms with Crippen molar-refractivity contribution >= 4 is 44.9 Å². The Balaban J connectivity index is 2.14. The zero-order chi connectivity index (χ0) is 19.3. The molecule has 0 fully saturated rings. The highest BCUT2D eigenvalue weighted by molar-refractivity contribution is 9.10. The van der Waals surface area contributed by atoms with Crippen molar-refractivity contribution in [2.75, 3.05) is 17.2 Å². The number of hydrogen-bond donors (Lipinski definition) is 3. The van der Waals surface area contributed by atoms with Gasteiger partial charge in [-0.25, -0.2) is 4.79 Å². The smallest absolute Gasteiger partial charge is 0.406 e. The van der Waals surface area contributed by atoms with Gasteiger partial charge in [0.2, 0.25) is 0 Å². The summed E-state index contributed by atoms with van der Waals surface area (Å²) in [6.45, 7) is -0.123. The summed E-state index contributed by atoms with van der Waals surface area (Å²) in [5.74, 6) is -0.481. The first kappa shape index (κ1) is 20.3. The Hall–Kier alpha value is -1.97. The van der Waals surface area contributed by atoms with Crippen molar-refractivity contribution in [3.63, 3.8) is 0 Å². The molecular formula is C16H13BrClF3N2O3. The lowest BCUT2D eigenvalue weighted by Crippen LogP contribution is -2.21. The van der Waals surface area contributed by atoms with Gasteiger partial charge < -0.3 is 20.5 Å². The zero-order valence-electron chi connectivity index (χ0n) is 13.0. The number of nitrogens with one attached hydrogen (secondary N) is 2. The number of amides is 2. The highest BCUT2D eigenvalue weighted by atomic mass is 79.9. The molecule has 140 valence electrons. The Bertz CT molecular complexity index is 803. The van der Waals surface area contributed by atoms with Gasteiger partial charge in [0.1, 0.15) is 5.75 Å². The van der Waals surface area contributed by atoms with E-state index < -0.39 is 18.1 Å². The number of ether oxygens (including phenoxy) is 1. The maximum absolute atomic E-state index is 12.3. The average Bonchev–Trinajstić information content (AvgIpc) is 2.47. The number of carbonyl (C=O) groups excluding carboxylic acids is 1. The number of alkyl halides is 3. The normalized spacial score (nSPS) is 11.2. The molecule has 0 saturated heterocycles. The topological polar surface area (TPSA) is 70.6 Å². The van der Waals surface area contributed by atoms with Crippen molar-refractivity contribution in [1.29, 1.82) is 0 Å². The van der Waals surface area contributed by atoms with E-state index in [4.69, 9.17) is 16.7 Å². The second-order valence-electron chi connectivity index (χ2n) is 5.08. The van der Waals surface area contributed by atoms with Crippen LogP contribution < -0.4 is 15.4 Å².